The van der Waals surface area contributed by atoms with Gasteiger partial charge in [0.25, 0.3) is 0 Å². The monoisotopic (exact) mass is 573 g/mol. The van der Waals surface area contributed by atoms with Gasteiger partial charge in [0, 0.05) is 36.0 Å². The fourth-order valence-corrected chi connectivity index (χ4v) is 10.1. The minimum absolute atomic E-state index is 0.0111. The molecule has 6 aliphatic rings. The normalized spacial score (nSPS) is 51.5. The number of rotatable bonds is 6. The van der Waals surface area contributed by atoms with Gasteiger partial charge in [0.2, 0.25) is 0 Å². The fourth-order valence-electron chi connectivity index (χ4n) is 10.1. The van der Waals surface area contributed by atoms with Crippen LogP contribution in [0.2, 0.25) is 0 Å². The highest BCUT2D eigenvalue weighted by molar-refractivity contribution is 5.85. The van der Waals surface area contributed by atoms with E-state index >= 15 is 0 Å². The van der Waals surface area contributed by atoms with Crippen LogP contribution < -0.4 is 0 Å². The molecule has 0 unspecified atom stereocenters. The van der Waals surface area contributed by atoms with Gasteiger partial charge in [0.1, 0.15) is 12.7 Å². The molecule has 9 heteroatoms. The van der Waals surface area contributed by atoms with Gasteiger partial charge in [0.15, 0.2) is 6.29 Å². The van der Waals surface area contributed by atoms with Crippen molar-refractivity contribution in [1.82, 2.24) is 0 Å². The summed E-state index contributed by atoms with van der Waals surface area (Å²) in [4.78, 5) is 16.6. The summed E-state index contributed by atoms with van der Waals surface area (Å²) in [5.74, 6) is -0.101. The molecule has 228 valence electrons. The molecule has 2 heterocycles. The zero-order valence-corrected chi connectivity index (χ0v) is 24.4. The molecule has 4 N–H and O–H groups in total. The lowest BCUT2D eigenvalue weighted by atomic mass is 9.41. The predicted octanol–water partition coefficient (Wildman–Crippen LogP) is 2.84. The summed E-state index contributed by atoms with van der Waals surface area (Å²) < 4.78 is 17.4. The molecule has 1 saturated heterocycles. The number of aliphatic hydroxyl groups excluding tert-OH is 2. The van der Waals surface area contributed by atoms with Crippen molar-refractivity contribution < 1.29 is 39.4 Å². The van der Waals surface area contributed by atoms with E-state index in [0.717, 1.165) is 24.8 Å². The summed E-state index contributed by atoms with van der Waals surface area (Å²) in [6, 6.07) is 0. The van der Waals surface area contributed by atoms with E-state index in [4.69, 9.17) is 19.2 Å². The van der Waals surface area contributed by atoms with Crippen molar-refractivity contribution in [3.8, 4) is 0 Å². The fraction of sp³-hybridized carbons (Fsp3) is 0.812. The Hall–Kier alpha value is -1.62. The van der Waals surface area contributed by atoms with Crippen LogP contribution in [0, 0.1) is 28.6 Å². The lowest BCUT2D eigenvalue weighted by Crippen LogP contribution is -2.69. The van der Waals surface area contributed by atoms with E-state index < -0.39 is 41.2 Å². The second kappa shape index (κ2) is 10.5. The molecule has 0 aromatic carbocycles. The largest absolute Gasteiger partial charge is 0.458 e. The first-order valence-electron chi connectivity index (χ1n) is 15.6. The SMILES string of the molecule is C=CCN=C[C@]12CC[C@H](O[C@H]3C[C@@H](O)[C@@H](O)[C@H](C)O3)C[C@@]1(O)CC[C@@H]1[C@@H]2CC[C@]2(C)[C@@H](C3=CC(=O)OC3)CC[C@]12O. The summed E-state index contributed by atoms with van der Waals surface area (Å²) in [6.45, 7) is 8.54. The van der Waals surface area contributed by atoms with Gasteiger partial charge in [-0.2, -0.15) is 0 Å². The molecule has 9 nitrogen and oxygen atoms in total. The van der Waals surface area contributed by atoms with Crippen LogP contribution in [0.15, 0.2) is 29.3 Å². The third-order valence-corrected chi connectivity index (χ3v) is 12.2. The number of esters is 1. The van der Waals surface area contributed by atoms with Crippen LogP contribution in [0.25, 0.3) is 0 Å². The summed E-state index contributed by atoms with van der Waals surface area (Å²) in [6.07, 6.45) is 8.52. The molecule has 0 aromatic heterocycles. The molecule has 0 bridgehead atoms. The Morgan fingerprint density at radius 2 is 1.90 bits per heavy atom. The summed E-state index contributed by atoms with van der Waals surface area (Å²) in [7, 11) is 0. The van der Waals surface area contributed by atoms with Crippen molar-refractivity contribution in [1.29, 1.82) is 0 Å². The van der Waals surface area contributed by atoms with Gasteiger partial charge in [-0.05, 0) is 81.6 Å². The van der Waals surface area contributed by atoms with Gasteiger partial charge in [-0.15, -0.1) is 6.58 Å². The average molecular weight is 574 g/mol. The second-order valence-electron chi connectivity index (χ2n) is 14.0. The van der Waals surface area contributed by atoms with Crippen molar-refractivity contribution in [2.24, 2.45) is 33.6 Å². The maximum absolute atomic E-state index is 12.6. The molecule has 0 radical (unpaired) electrons. The number of fused-ring (bicyclic) bond motifs is 5. The number of nitrogens with zero attached hydrogens (tertiary/aromatic N) is 1. The van der Waals surface area contributed by atoms with E-state index in [2.05, 4.69) is 13.5 Å². The highest BCUT2D eigenvalue weighted by Gasteiger charge is 2.71. The van der Waals surface area contributed by atoms with Gasteiger partial charge >= 0.3 is 5.97 Å². The third-order valence-electron chi connectivity index (χ3n) is 12.2. The number of aliphatic imine (C=N–C) groups is 1. The Balaban J connectivity index is 1.26. The smallest absolute Gasteiger partial charge is 0.331 e. The first kappa shape index (κ1) is 29.5. The van der Waals surface area contributed by atoms with Crippen molar-refractivity contribution in [3.05, 3.63) is 24.3 Å². The first-order chi connectivity index (χ1) is 19.5. The molecule has 4 aliphatic carbocycles. The van der Waals surface area contributed by atoms with Crippen LogP contribution in [0.1, 0.15) is 78.1 Å². The van der Waals surface area contributed by atoms with Crippen LogP contribution in [-0.4, -0.2) is 87.7 Å². The topological polar surface area (TPSA) is 138 Å². The van der Waals surface area contributed by atoms with Crippen LogP contribution in [-0.2, 0) is 19.0 Å². The number of carbonyl (C=O) groups is 1. The lowest BCUT2D eigenvalue weighted by Gasteiger charge is -2.66. The maximum Gasteiger partial charge on any atom is 0.331 e. The molecule has 6 rings (SSSR count). The first-order valence-corrected chi connectivity index (χ1v) is 15.6. The molecule has 0 aromatic rings. The van der Waals surface area contributed by atoms with Crippen molar-refractivity contribution in [2.75, 3.05) is 13.2 Å². The Labute approximate surface area is 242 Å². The van der Waals surface area contributed by atoms with Gasteiger partial charge < -0.3 is 34.6 Å². The number of cyclic esters (lactones) is 1. The number of aliphatic hydroxyl groups is 4. The molecule has 0 amide bonds. The molecule has 4 saturated carbocycles. The maximum atomic E-state index is 12.6. The average Bonchev–Trinajstić information content (AvgIpc) is 3.47. The zero-order valence-electron chi connectivity index (χ0n) is 24.4. The van der Waals surface area contributed by atoms with Gasteiger partial charge in [-0.1, -0.05) is 13.0 Å². The minimum Gasteiger partial charge on any atom is -0.458 e. The Morgan fingerprint density at radius 1 is 1.12 bits per heavy atom. The number of ether oxygens (including phenoxy) is 3. The van der Waals surface area contributed by atoms with Gasteiger partial charge in [-0.25, -0.2) is 4.79 Å². The number of carbonyl (C=O) groups excluding carboxylic acids is 1. The zero-order chi connectivity index (χ0) is 29.2. The van der Waals surface area contributed by atoms with E-state index in [1.807, 2.05) is 6.21 Å². The molecule has 2 aliphatic heterocycles. The van der Waals surface area contributed by atoms with Crippen molar-refractivity contribution in [3.63, 3.8) is 0 Å². The lowest BCUT2D eigenvalue weighted by molar-refractivity contribution is -0.282. The van der Waals surface area contributed by atoms with Crippen molar-refractivity contribution >= 4 is 12.2 Å². The second-order valence-corrected chi connectivity index (χ2v) is 14.0. The summed E-state index contributed by atoms with van der Waals surface area (Å²) >= 11 is 0. The number of hydrogen-bond donors (Lipinski definition) is 4. The van der Waals surface area contributed by atoms with Gasteiger partial charge in [-0.3, -0.25) is 4.99 Å². The Bertz CT molecular complexity index is 1100. The van der Waals surface area contributed by atoms with Crippen LogP contribution >= 0.6 is 0 Å². The van der Waals surface area contributed by atoms with E-state index in [1.165, 1.54) is 0 Å². The van der Waals surface area contributed by atoms with E-state index in [-0.39, 0.29) is 41.7 Å². The predicted molar refractivity (Wildman–Crippen MR) is 151 cm³/mol. The van der Waals surface area contributed by atoms with Gasteiger partial charge in [0.05, 0.1) is 36.1 Å². The molecule has 41 heavy (non-hydrogen) atoms. The minimum atomic E-state index is -1.06. The van der Waals surface area contributed by atoms with Crippen molar-refractivity contribution in [2.45, 2.75) is 120 Å². The third kappa shape index (κ3) is 4.49. The standard InChI is InChI=1S/C32H47NO8/c1-4-13-33-18-30-10-5-21(41-27-15-25(34)28(36)19(2)40-27)16-31(30,37)11-7-24-23(30)6-9-29(3)22(8-12-32(24,29)38)20-14-26(35)39-17-20/h4,14,18-19,21-25,27-28,34,36-38H,1,5-13,15-17H2,2-3H3/t19-,21-,22+,23-,24+,25+,27-,28-,29+,30-,31-,32-/m0/s1. The molecular formula is C32H47NO8. The highest BCUT2D eigenvalue weighted by atomic mass is 16.7. The van der Waals surface area contributed by atoms with E-state index in [1.54, 1.807) is 19.1 Å². The number of hydrogen-bond acceptors (Lipinski definition) is 9. The summed E-state index contributed by atoms with van der Waals surface area (Å²) in [5, 5.41) is 45.4. The molecule has 0 spiro atoms. The van der Waals surface area contributed by atoms with Crippen LogP contribution in [0.4, 0.5) is 0 Å². The Morgan fingerprint density at radius 3 is 2.61 bits per heavy atom. The van der Waals surface area contributed by atoms with E-state index in [0.29, 0.717) is 51.7 Å². The molecule has 5 fully saturated rings. The molecular weight excluding hydrogens is 526 g/mol. The summed E-state index contributed by atoms with van der Waals surface area (Å²) in [5.41, 5.74) is -1.91. The highest BCUT2D eigenvalue weighted by Crippen LogP contribution is 2.70. The molecule has 12 atom stereocenters. The Kier molecular flexibility index (Phi) is 7.56. The van der Waals surface area contributed by atoms with E-state index in [9.17, 15) is 25.2 Å². The van der Waals surface area contributed by atoms with Crippen LogP contribution in [0.5, 0.6) is 0 Å². The quantitative estimate of drug-likeness (QED) is 0.165. The van der Waals surface area contributed by atoms with Crippen LogP contribution in [0.3, 0.4) is 0 Å².